The number of hydrogen-bond acceptors (Lipinski definition) is 6. The minimum Gasteiger partial charge on any atom is -0.496 e. The van der Waals surface area contributed by atoms with Crippen LogP contribution in [0.5, 0.6) is 5.75 Å². The normalized spacial score (nSPS) is 17.3. The van der Waals surface area contributed by atoms with E-state index in [1.54, 1.807) is 7.11 Å². The number of aromatic nitrogens is 2. The Morgan fingerprint density at radius 1 is 1.06 bits per heavy atom. The monoisotopic (exact) mass is 437 g/mol. The van der Waals surface area contributed by atoms with E-state index in [4.69, 9.17) is 9.72 Å². The number of benzene rings is 1. The molecule has 2 aliphatic rings. The van der Waals surface area contributed by atoms with Crippen LogP contribution in [0.4, 0.5) is 11.8 Å². The molecule has 172 valence electrons. The molecule has 0 spiro atoms. The Morgan fingerprint density at radius 3 is 2.50 bits per heavy atom. The van der Waals surface area contributed by atoms with Gasteiger partial charge < -0.3 is 19.9 Å². The maximum Gasteiger partial charge on any atom is 0.227 e. The molecular formula is C25H35N5O2. The van der Waals surface area contributed by atoms with Crippen LogP contribution in [0, 0.1) is 13.8 Å². The minimum atomic E-state index is 0.174. The van der Waals surface area contributed by atoms with E-state index in [1.165, 1.54) is 32.1 Å². The topological polar surface area (TPSA) is 70.6 Å². The van der Waals surface area contributed by atoms with Crippen molar-refractivity contribution in [3.8, 4) is 5.75 Å². The number of carbonyl (C=O) groups is 1. The van der Waals surface area contributed by atoms with Crippen molar-refractivity contribution in [1.29, 1.82) is 0 Å². The first kappa shape index (κ1) is 22.4. The van der Waals surface area contributed by atoms with Crippen LogP contribution in [0.15, 0.2) is 24.3 Å². The van der Waals surface area contributed by atoms with Crippen LogP contribution in [-0.2, 0) is 11.2 Å². The molecule has 2 heterocycles. The zero-order chi connectivity index (χ0) is 22.5. The van der Waals surface area contributed by atoms with Gasteiger partial charge in [-0.2, -0.15) is 4.98 Å². The second-order valence-corrected chi connectivity index (χ2v) is 9.02. The second-order valence-electron chi connectivity index (χ2n) is 9.02. The van der Waals surface area contributed by atoms with Crippen molar-refractivity contribution in [2.45, 2.75) is 58.4 Å². The number of rotatable bonds is 6. The summed E-state index contributed by atoms with van der Waals surface area (Å²) in [6, 6.07) is 8.48. The molecule has 1 aliphatic carbocycles. The summed E-state index contributed by atoms with van der Waals surface area (Å²) >= 11 is 0. The number of hydrogen-bond donors (Lipinski definition) is 1. The summed E-state index contributed by atoms with van der Waals surface area (Å²) < 4.78 is 5.32. The van der Waals surface area contributed by atoms with E-state index in [0.29, 0.717) is 25.6 Å². The van der Waals surface area contributed by atoms with Crippen LogP contribution >= 0.6 is 0 Å². The summed E-state index contributed by atoms with van der Waals surface area (Å²) in [5.41, 5.74) is 3.06. The highest BCUT2D eigenvalue weighted by molar-refractivity contribution is 5.79. The molecule has 1 aromatic carbocycles. The van der Waals surface area contributed by atoms with E-state index >= 15 is 0 Å². The Bertz CT molecular complexity index is 934. The van der Waals surface area contributed by atoms with Crippen molar-refractivity contribution >= 4 is 17.7 Å². The lowest BCUT2D eigenvalue weighted by atomic mass is 9.96. The highest BCUT2D eigenvalue weighted by Crippen LogP contribution is 2.23. The number of ether oxygens (including phenoxy) is 1. The van der Waals surface area contributed by atoms with Crippen LogP contribution in [0.1, 0.15) is 48.9 Å². The maximum absolute atomic E-state index is 12.8. The standard InChI is InChI=1S/C25H35N5O2/c1-18-15-20(9-10-22(18)32-3)17-24(31)30-13-11-29(12-14-30)23-16-19(2)26-25(28-23)27-21-7-5-4-6-8-21/h9-10,15-16,21H,4-8,11-14,17H2,1-3H3,(H,26,27,28). The Balaban J connectivity index is 1.34. The van der Waals surface area contributed by atoms with Gasteiger partial charge in [-0.1, -0.05) is 31.4 Å². The molecule has 1 N–H and O–H groups in total. The van der Waals surface area contributed by atoms with Gasteiger partial charge in [-0.25, -0.2) is 4.98 Å². The fraction of sp³-hybridized carbons (Fsp3) is 0.560. The van der Waals surface area contributed by atoms with Gasteiger partial charge in [0, 0.05) is 44.0 Å². The summed E-state index contributed by atoms with van der Waals surface area (Å²) in [5.74, 6) is 2.72. The number of methoxy groups -OCH3 is 1. The number of anilines is 2. The number of nitrogens with zero attached hydrogens (tertiary/aromatic N) is 4. The summed E-state index contributed by atoms with van der Waals surface area (Å²) in [6.45, 7) is 7.02. The molecule has 2 aromatic rings. The maximum atomic E-state index is 12.8. The third-order valence-electron chi connectivity index (χ3n) is 6.55. The predicted octanol–water partition coefficient (Wildman–Crippen LogP) is 3.74. The molecule has 0 atom stereocenters. The summed E-state index contributed by atoms with van der Waals surface area (Å²) in [4.78, 5) is 26.5. The van der Waals surface area contributed by atoms with E-state index in [9.17, 15) is 4.79 Å². The van der Waals surface area contributed by atoms with E-state index < -0.39 is 0 Å². The zero-order valence-corrected chi connectivity index (χ0v) is 19.6. The Morgan fingerprint density at radius 2 is 1.81 bits per heavy atom. The van der Waals surface area contributed by atoms with Crippen molar-refractivity contribution < 1.29 is 9.53 Å². The van der Waals surface area contributed by atoms with Crippen molar-refractivity contribution in [2.24, 2.45) is 0 Å². The molecule has 2 fully saturated rings. The second kappa shape index (κ2) is 10.2. The van der Waals surface area contributed by atoms with E-state index in [1.807, 2.05) is 43.0 Å². The van der Waals surface area contributed by atoms with Gasteiger partial charge in [0.15, 0.2) is 0 Å². The zero-order valence-electron chi connectivity index (χ0n) is 19.6. The van der Waals surface area contributed by atoms with E-state index in [0.717, 1.165) is 47.4 Å². The Hall–Kier alpha value is -2.83. The van der Waals surface area contributed by atoms with Crippen molar-refractivity contribution in [2.75, 3.05) is 43.5 Å². The van der Waals surface area contributed by atoms with E-state index in [2.05, 4.69) is 15.2 Å². The van der Waals surface area contributed by atoms with Crippen LogP contribution < -0.4 is 15.0 Å². The lowest BCUT2D eigenvalue weighted by molar-refractivity contribution is -0.130. The third kappa shape index (κ3) is 5.50. The van der Waals surface area contributed by atoms with Crippen LogP contribution in [0.3, 0.4) is 0 Å². The largest absolute Gasteiger partial charge is 0.496 e. The van der Waals surface area contributed by atoms with Crippen LogP contribution in [0.25, 0.3) is 0 Å². The minimum absolute atomic E-state index is 0.174. The SMILES string of the molecule is COc1ccc(CC(=O)N2CCN(c3cc(C)nc(NC4CCCCC4)n3)CC2)cc1C. The van der Waals surface area contributed by atoms with Crippen molar-refractivity contribution in [3.05, 3.63) is 41.1 Å². The molecule has 0 radical (unpaired) electrons. The summed E-state index contributed by atoms with van der Waals surface area (Å²) in [5, 5.41) is 3.55. The summed E-state index contributed by atoms with van der Waals surface area (Å²) in [6.07, 6.45) is 6.71. The third-order valence-corrected chi connectivity index (χ3v) is 6.55. The Labute approximate surface area is 191 Å². The molecule has 1 aliphatic heterocycles. The molecule has 32 heavy (non-hydrogen) atoms. The molecule has 1 amide bonds. The molecule has 7 heteroatoms. The van der Waals surface area contributed by atoms with Gasteiger partial charge in [-0.05, 0) is 43.9 Å². The van der Waals surface area contributed by atoms with Gasteiger partial charge in [0.25, 0.3) is 0 Å². The summed E-state index contributed by atoms with van der Waals surface area (Å²) in [7, 11) is 1.67. The molecule has 4 rings (SSSR count). The van der Waals surface area contributed by atoms with Gasteiger partial charge >= 0.3 is 0 Å². The number of aryl methyl sites for hydroxylation is 2. The number of nitrogens with one attached hydrogen (secondary N) is 1. The molecule has 0 unspecified atom stereocenters. The first-order valence-electron chi connectivity index (χ1n) is 11.8. The quantitative estimate of drug-likeness (QED) is 0.742. The van der Waals surface area contributed by atoms with E-state index in [-0.39, 0.29) is 5.91 Å². The smallest absolute Gasteiger partial charge is 0.227 e. The fourth-order valence-corrected chi connectivity index (χ4v) is 4.73. The highest BCUT2D eigenvalue weighted by atomic mass is 16.5. The van der Waals surface area contributed by atoms with Gasteiger partial charge in [-0.3, -0.25) is 4.79 Å². The lowest BCUT2D eigenvalue weighted by Crippen LogP contribution is -2.49. The van der Waals surface area contributed by atoms with Crippen LogP contribution in [-0.4, -0.2) is 60.1 Å². The molecule has 1 saturated carbocycles. The molecular weight excluding hydrogens is 402 g/mol. The number of piperazine rings is 1. The molecule has 1 saturated heterocycles. The highest BCUT2D eigenvalue weighted by Gasteiger charge is 2.23. The molecule has 1 aromatic heterocycles. The molecule has 7 nitrogen and oxygen atoms in total. The van der Waals surface area contributed by atoms with Gasteiger partial charge in [-0.15, -0.1) is 0 Å². The number of amides is 1. The van der Waals surface area contributed by atoms with Gasteiger partial charge in [0.1, 0.15) is 11.6 Å². The average molecular weight is 438 g/mol. The average Bonchev–Trinajstić information content (AvgIpc) is 2.79. The van der Waals surface area contributed by atoms with Gasteiger partial charge in [0.05, 0.1) is 13.5 Å². The Kier molecular flexibility index (Phi) is 7.12. The number of carbonyl (C=O) groups excluding carboxylic acids is 1. The first-order valence-corrected chi connectivity index (χ1v) is 11.8. The first-order chi connectivity index (χ1) is 15.5. The van der Waals surface area contributed by atoms with Crippen molar-refractivity contribution in [3.63, 3.8) is 0 Å². The van der Waals surface area contributed by atoms with Gasteiger partial charge in [0.2, 0.25) is 11.9 Å². The lowest BCUT2D eigenvalue weighted by Gasteiger charge is -2.35. The van der Waals surface area contributed by atoms with Crippen LogP contribution in [0.2, 0.25) is 0 Å². The molecule has 0 bridgehead atoms. The van der Waals surface area contributed by atoms with Crippen molar-refractivity contribution in [1.82, 2.24) is 14.9 Å². The predicted molar refractivity (Wildman–Crippen MR) is 127 cm³/mol. The fourth-order valence-electron chi connectivity index (χ4n) is 4.73.